The van der Waals surface area contributed by atoms with Crippen molar-refractivity contribution in [2.24, 2.45) is 10.8 Å². The zero-order valence-corrected chi connectivity index (χ0v) is 25.7. The standard InChI is InChI=1S/C33H35ClN2O6/c1-32(2,3)30(38)27-25(18-33(4,5)31(39)41-7)28(29(37)20-8-10-21(34)11-9-20)36-15-13-24(17-26(27)36)42-19-22-16-23(40-6)12-14-35-22/h8-17H,18-19H2,1-7H3. The number of halogens is 1. The Kier molecular flexibility index (Phi) is 8.78. The summed E-state index contributed by atoms with van der Waals surface area (Å²) in [5.41, 5.74) is 0.868. The van der Waals surface area contributed by atoms with Crippen molar-refractivity contribution in [1.82, 2.24) is 9.38 Å². The number of Topliss-reactive ketones (excluding diaryl/α,β-unsaturated/α-hetero) is 1. The van der Waals surface area contributed by atoms with Gasteiger partial charge in [0.25, 0.3) is 0 Å². The maximum Gasteiger partial charge on any atom is 0.311 e. The summed E-state index contributed by atoms with van der Waals surface area (Å²) in [6.45, 7) is 9.10. The minimum Gasteiger partial charge on any atom is -0.497 e. The van der Waals surface area contributed by atoms with Crippen molar-refractivity contribution in [3.8, 4) is 11.5 Å². The molecule has 0 aliphatic rings. The predicted octanol–water partition coefficient (Wildman–Crippen LogP) is 6.78. The zero-order chi connectivity index (χ0) is 30.8. The normalized spacial score (nSPS) is 11.8. The number of hydrogen-bond acceptors (Lipinski definition) is 7. The molecule has 0 radical (unpaired) electrons. The molecule has 0 fully saturated rings. The van der Waals surface area contributed by atoms with Gasteiger partial charge in [-0.3, -0.25) is 19.4 Å². The molecule has 1 aromatic carbocycles. The number of carbonyl (C=O) groups is 3. The van der Waals surface area contributed by atoms with Crippen LogP contribution in [0.15, 0.2) is 60.9 Å². The number of ether oxygens (including phenoxy) is 3. The predicted molar refractivity (Wildman–Crippen MR) is 161 cm³/mol. The molecule has 8 nitrogen and oxygen atoms in total. The number of benzene rings is 1. The Morgan fingerprint density at radius 1 is 0.929 bits per heavy atom. The first kappa shape index (κ1) is 30.8. The summed E-state index contributed by atoms with van der Waals surface area (Å²) in [6, 6.07) is 13.6. The number of nitrogens with zero attached hydrogens (tertiary/aromatic N) is 2. The van der Waals surface area contributed by atoms with E-state index in [4.69, 9.17) is 25.8 Å². The number of pyridine rings is 2. The molecule has 0 unspecified atom stereocenters. The van der Waals surface area contributed by atoms with E-state index >= 15 is 0 Å². The fourth-order valence-electron chi connectivity index (χ4n) is 4.77. The SMILES string of the molecule is COC(=O)C(C)(C)Cc1c(C(=O)C(C)(C)C)c2cc(OCc3cc(OC)ccn3)ccn2c1C(=O)c1ccc(Cl)cc1. The summed E-state index contributed by atoms with van der Waals surface area (Å²) in [7, 11) is 2.90. The van der Waals surface area contributed by atoms with Crippen LogP contribution in [-0.4, -0.2) is 41.1 Å². The first-order chi connectivity index (χ1) is 19.8. The van der Waals surface area contributed by atoms with E-state index in [-0.39, 0.29) is 30.3 Å². The maximum absolute atomic E-state index is 14.1. The Morgan fingerprint density at radius 3 is 2.24 bits per heavy atom. The summed E-state index contributed by atoms with van der Waals surface area (Å²) in [4.78, 5) is 45.3. The number of aromatic nitrogens is 2. The highest BCUT2D eigenvalue weighted by atomic mass is 35.5. The topological polar surface area (TPSA) is 96.2 Å². The van der Waals surface area contributed by atoms with Gasteiger partial charge in [0.05, 0.1) is 36.5 Å². The summed E-state index contributed by atoms with van der Waals surface area (Å²) in [6.07, 6.45) is 3.44. The molecule has 3 heterocycles. The molecular weight excluding hydrogens is 556 g/mol. The van der Waals surface area contributed by atoms with E-state index in [1.54, 1.807) is 86.3 Å². The van der Waals surface area contributed by atoms with Gasteiger partial charge in [-0.15, -0.1) is 0 Å². The highest BCUT2D eigenvalue weighted by Gasteiger charge is 2.38. The molecule has 0 saturated carbocycles. The van der Waals surface area contributed by atoms with Crippen LogP contribution in [0.25, 0.3) is 5.52 Å². The lowest BCUT2D eigenvalue weighted by Gasteiger charge is -2.24. The van der Waals surface area contributed by atoms with Gasteiger partial charge in [0.1, 0.15) is 18.1 Å². The second kappa shape index (κ2) is 12.0. The van der Waals surface area contributed by atoms with Crippen LogP contribution in [0, 0.1) is 10.8 Å². The van der Waals surface area contributed by atoms with Crippen molar-refractivity contribution in [3.05, 3.63) is 94.0 Å². The first-order valence-corrected chi connectivity index (χ1v) is 13.9. The number of esters is 1. The lowest BCUT2D eigenvalue weighted by atomic mass is 9.79. The van der Waals surface area contributed by atoms with E-state index in [1.165, 1.54) is 7.11 Å². The van der Waals surface area contributed by atoms with Gasteiger partial charge < -0.3 is 18.6 Å². The van der Waals surface area contributed by atoms with Gasteiger partial charge in [0.2, 0.25) is 5.78 Å². The van der Waals surface area contributed by atoms with E-state index in [2.05, 4.69) is 4.98 Å². The van der Waals surface area contributed by atoms with Crippen molar-refractivity contribution in [2.75, 3.05) is 14.2 Å². The largest absolute Gasteiger partial charge is 0.497 e. The Balaban J connectivity index is 1.94. The second-order valence-corrected chi connectivity index (χ2v) is 12.2. The molecule has 0 saturated heterocycles. The minimum atomic E-state index is -1.03. The molecule has 0 N–H and O–H groups in total. The number of rotatable bonds is 10. The summed E-state index contributed by atoms with van der Waals surface area (Å²) >= 11 is 6.09. The molecule has 220 valence electrons. The van der Waals surface area contributed by atoms with Crippen LogP contribution in [0.5, 0.6) is 11.5 Å². The molecule has 9 heteroatoms. The smallest absolute Gasteiger partial charge is 0.311 e. The van der Waals surface area contributed by atoms with Crippen molar-refractivity contribution in [1.29, 1.82) is 0 Å². The Labute approximate surface area is 250 Å². The van der Waals surface area contributed by atoms with Gasteiger partial charge in [-0.25, -0.2) is 0 Å². The fraction of sp³-hybridized carbons (Fsp3) is 0.333. The van der Waals surface area contributed by atoms with E-state index < -0.39 is 16.8 Å². The number of carbonyl (C=O) groups excluding carboxylic acids is 3. The molecule has 0 spiro atoms. The third-order valence-corrected chi connectivity index (χ3v) is 7.26. The molecule has 0 amide bonds. The van der Waals surface area contributed by atoms with Crippen molar-refractivity contribution < 1.29 is 28.6 Å². The number of methoxy groups -OCH3 is 2. The van der Waals surface area contributed by atoms with Gasteiger partial charge in [-0.2, -0.15) is 0 Å². The first-order valence-electron chi connectivity index (χ1n) is 13.5. The average Bonchev–Trinajstić information content (AvgIpc) is 3.26. The third kappa shape index (κ3) is 6.34. The third-order valence-electron chi connectivity index (χ3n) is 7.01. The van der Waals surface area contributed by atoms with Crippen molar-refractivity contribution in [2.45, 2.75) is 47.6 Å². The molecule has 0 atom stereocenters. The quantitative estimate of drug-likeness (QED) is 0.148. The molecule has 4 aromatic rings. The van der Waals surface area contributed by atoms with E-state index in [0.29, 0.717) is 44.4 Å². The van der Waals surface area contributed by atoms with Crippen LogP contribution in [0.3, 0.4) is 0 Å². The maximum atomic E-state index is 14.1. The molecular formula is C33H35ClN2O6. The molecule has 42 heavy (non-hydrogen) atoms. The van der Waals surface area contributed by atoms with Gasteiger partial charge in [0, 0.05) is 46.1 Å². The van der Waals surface area contributed by atoms with Gasteiger partial charge in [0.15, 0.2) is 5.78 Å². The van der Waals surface area contributed by atoms with E-state index in [0.717, 1.165) is 0 Å². The summed E-state index contributed by atoms with van der Waals surface area (Å²) in [5, 5.41) is 0.495. The Hall–Kier alpha value is -4.17. The number of fused-ring (bicyclic) bond motifs is 1. The highest BCUT2D eigenvalue weighted by Crippen LogP contribution is 2.37. The fourth-order valence-corrected chi connectivity index (χ4v) is 4.90. The molecule has 0 bridgehead atoms. The summed E-state index contributed by atoms with van der Waals surface area (Å²) < 4.78 is 18.1. The average molecular weight is 591 g/mol. The second-order valence-electron chi connectivity index (χ2n) is 11.8. The monoisotopic (exact) mass is 590 g/mol. The van der Waals surface area contributed by atoms with Crippen molar-refractivity contribution in [3.63, 3.8) is 0 Å². The van der Waals surface area contributed by atoms with Crippen LogP contribution in [0.4, 0.5) is 0 Å². The van der Waals surface area contributed by atoms with Crippen LogP contribution in [-0.2, 0) is 22.6 Å². The van der Waals surface area contributed by atoms with Crippen LogP contribution in [0.1, 0.15) is 72.3 Å². The van der Waals surface area contributed by atoms with Crippen LogP contribution >= 0.6 is 11.6 Å². The zero-order valence-electron chi connectivity index (χ0n) is 24.9. The lowest BCUT2D eigenvalue weighted by Crippen LogP contribution is -2.30. The van der Waals surface area contributed by atoms with E-state index in [1.807, 2.05) is 20.8 Å². The van der Waals surface area contributed by atoms with Crippen LogP contribution < -0.4 is 9.47 Å². The Morgan fingerprint density at radius 2 is 1.62 bits per heavy atom. The van der Waals surface area contributed by atoms with Gasteiger partial charge in [-0.05, 0) is 62.2 Å². The molecule has 4 rings (SSSR count). The minimum absolute atomic E-state index is 0.0943. The van der Waals surface area contributed by atoms with E-state index in [9.17, 15) is 14.4 Å². The molecule has 3 aromatic heterocycles. The number of hydrogen-bond donors (Lipinski definition) is 0. The summed E-state index contributed by atoms with van der Waals surface area (Å²) in [5.74, 6) is 0.215. The van der Waals surface area contributed by atoms with Crippen LogP contribution in [0.2, 0.25) is 5.02 Å². The van der Waals surface area contributed by atoms with Gasteiger partial charge >= 0.3 is 5.97 Å². The number of ketones is 2. The molecule has 0 aliphatic heterocycles. The highest BCUT2D eigenvalue weighted by molar-refractivity contribution is 6.30. The van der Waals surface area contributed by atoms with Crippen molar-refractivity contribution >= 4 is 34.7 Å². The Bertz CT molecular complexity index is 1650. The lowest BCUT2D eigenvalue weighted by molar-refractivity contribution is -0.150. The van der Waals surface area contributed by atoms with Gasteiger partial charge in [-0.1, -0.05) is 32.4 Å². The molecule has 0 aliphatic carbocycles.